The molecule has 0 aromatic carbocycles. The number of amides is 1. The molecule has 5 heteroatoms. The third-order valence-electron chi connectivity index (χ3n) is 3.71. The molecule has 134 valence electrons. The maximum Gasteiger partial charge on any atom is 0.412 e. The van der Waals surface area contributed by atoms with Crippen molar-refractivity contribution in [2.24, 2.45) is 0 Å². The third-order valence-corrected chi connectivity index (χ3v) is 3.71. The van der Waals surface area contributed by atoms with Crippen molar-refractivity contribution >= 4 is 6.09 Å². The molecule has 0 bridgehead atoms. The summed E-state index contributed by atoms with van der Waals surface area (Å²) in [6.07, 6.45) is 8.84. The van der Waals surface area contributed by atoms with Crippen LogP contribution in [0.15, 0.2) is 12.2 Å². The van der Waals surface area contributed by atoms with Crippen molar-refractivity contribution < 1.29 is 19.0 Å². The standard InChI is InChI=1S/C18H33NO4/c1-6-7-10-15(21-5)11-9-14-22-16-12-8-13-19(16)17(20)23-18(2,3)4/h9,11,15-16H,6-8,10,12-14H2,1-5H3/b11-9-. The van der Waals surface area contributed by atoms with Gasteiger partial charge in [-0.3, -0.25) is 4.90 Å². The molecule has 0 spiro atoms. The van der Waals surface area contributed by atoms with E-state index in [1.807, 2.05) is 32.9 Å². The van der Waals surface area contributed by atoms with Gasteiger partial charge in [-0.25, -0.2) is 4.79 Å². The lowest BCUT2D eigenvalue weighted by Crippen LogP contribution is -2.41. The van der Waals surface area contributed by atoms with Crippen molar-refractivity contribution in [3.63, 3.8) is 0 Å². The van der Waals surface area contributed by atoms with Crippen LogP contribution < -0.4 is 0 Å². The van der Waals surface area contributed by atoms with Gasteiger partial charge in [0.1, 0.15) is 11.8 Å². The summed E-state index contributed by atoms with van der Waals surface area (Å²) in [5.74, 6) is 0. The Kier molecular flexibility index (Phi) is 8.63. The average Bonchev–Trinajstić information content (AvgIpc) is 2.93. The van der Waals surface area contributed by atoms with Gasteiger partial charge in [0.05, 0.1) is 12.7 Å². The van der Waals surface area contributed by atoms with Gasteiger partial charge < -0.3 is 14.2 Å². The van der Waals surface area contributed by atoms with Crippen molar-refractivity contribution in [2.45, 2.75) is 77.7 Å². The Labute approximate surface area is 141 Å². The molecule has 0 radical (unpaired) electrons. The van der Waals surface area contributed by atoms with Crippen LogP contribution >= 0.6 is 0 Å². The molecule has 23 heavy (non-hydrogen) atoms. The largest absolute Gasteiger partial charge is 0.444 e. The number of rotatable bonds is 8. The molecule has 0 N–H and O–H groups in total. The minimum absolute atomic E-state index is 0.143. The van der Waals surface area contributed by atoms with Crippen molar-refractivity contribution in [2.75, 3.05) is 20.3 Å². The van der Waals surface area contributed by atoms with Crippen LogP contribution in [0, 0.1) is 0 Å². The zero-order valence-electron chi connectivity index (χ0n) is 15.3. The highest BCUT2D eigenvalue weighted by Crippen LogP contribution is 2.21. The summed E-state index contributed by atoms with van der Waals surface area (Å²) in [7, 11) is 1.73. The second-order valence-electron chi connectivity index (χ2n) is 6.95. The van der Waals surface area contributed by atoms with E-state index >= 15 is 0 Å². The van der Waals surface area contributed by atoms with Gasteiger partial charge in [0.2, 0.25) is 0 Å². The number of carbonyl (C=O) groups excluding carboxylic acids is 1. The fourth-order valence-corrected chi connectivity index (χ4v) is 2.51. The Hall–Kier alpha value is -1.07. The molecule has 1 heterocycles. The Morgan fingerprint density at radius 1 is 1.39 bits per heavy atom. The number of ether oxygens (including phenoxy) is 3. The van der Waals surface area contributed by atoms with E-state index in [2.05, 4.69) is 6.92 Å². The van der Waals surface area contributed by atoms with Crippen molar-refractivity contribution in [1.82, 2.24) is 4.90 Å². The fraction of sp³-hybridized carbons (Fsp3) is 0.833. The quantitative estimate of drug-likeness (QED) is 0.629. The van der Waals surface area contributed by atoms with Crippen LogP contribution in [0.4, 0.5) is 4.79 Å². The summed E-state index contributed by atoms with van der Waals surface area (Å²) in [4.78, 5) is 13.8. The number of nitrogens with zero attached hydrogens (tertiary/aromatic N) is 1. The summed E-state index contributed by atoms with van der Waals surface area (Å²) in [6, 6.07) is 0. The van der Waals surface area contributed by atoms with Gasteiger partial charge >= 0.3 is 6.09 Å². The first-order valence-corrected chi connectivity index (χ1v) is 8.68. The minimum Gasteiger partial charge on any atom is -0.444 e. The van der Waals surface area contributed by atoms with E-state index in [0.717, 1.165) is 32.1 Å². The molecule has 0 saturated carbocycles. The molecule has 1 fully saturated rings. The highest BCUT2D eigenvalue weighted by atomic mass is 16.6. The van der Waals surface area contributed by atoms with Gasteiger partial charge in [-0.2, -0.15) is 0 Å². The average molecular weight is 327 g/mol. The number of hydrogen-bond donors (Lipinski definition) is 0. The predicted octanol–water partition coefficient (Wildman–Crippen LogP) is 4.12. The van der Waals surface area contributed by atoms with Gasteiger partial charge in [-0.1, -0.05) is 31.9 Å². The Bertz CT molecular complexity index is 376. The SMILES string of the molecule is CCCCC(/C=C\COC1CCCN1C(=O)OC(C)(C)C)OC. The maximum atomic E-state index is 12.2. The van der Waals surface area contributed by atoms with Crippen LogP contribution in [0.25, 0.3) is 0 Å². The Morgan fingerprint density at radius 3 is 2.74 bits per heavy atom. The monoisotopic (exact) mass is 327 g/mol. The number of unbranched alkanes of at least 4 members (excludes halogenated alkanes) is 1. The van der Waals surface area contributed by atoms with Crippen molar-refractivity contribution in [1.29, 1.82) is 0 Å². The van der Waals surface area contributed by atoms with Crippen LogP contribution in [-0.2, 0) is 14.2 Å². The van der Waals surface area contributed by atoms with E-state index in [9.17, 15) is 4.79 Å². The molecule has 5 nitrogen and oxygen atoms in total. The molecular formula is C18H33NO4. The molecule has 0 aromatic heterocycles. The number of hydrogen-bond acceptors (Lipinski definition) is 4. The first kappa shape index (κ1) is 20.0. The smallest absolute Gasteiger partial charge is 0.412 e. The second kappa shape index (κ2) is 9.93. The topological polar surface area (TPSA) is 48.0 Å². The number of carbonyl (C=O) groups is 1. The molecular weight excluding hydrogens is 294 g/mol. The molecule has 0 aliphatic carbocycles. The van der Waals surface area contributed by atoms with E-state index < -0.39 is 5.60 Å². The van der Waals surface area contributed by atoms with Crippen LogP contribution in [0.2, 0.25) is 0 Å². The van der Waals surface area contributed by atoms with E-state index in [0.29, 0.717) is 13.2 Å². The molecule has 1 aliphatic rings. The summed E-state index contributed by atoms with van der Waals surface area (Å²) in [6.45, 7) is 8.98. The molecule has 2 unspecified atom stereocenters. The molecule has 2 atom stereocenters. The molecule has 1 saturated heterocycles. The van der Waals surface area contributed by atoms with Gasteiger partial charge in [0.15, 0.2) is 0 Å². The van der Waals surface area contributed by atoms with E-state index in [-0.39, 0.29) is 18.4 Å². The second-order valence-corrected chi connectivity index (χ2v) is 6.95. The highest BCUT2D eigenvalue weighted by Gasteiger charge is 2.32. The van der Waals surface area contributed by atoms with Crippen molar-refractivity contribution in [3.8, 4) is 0 Å². The van der Waals surface area contributed by atoms with Crippen LogP contribution in [-0.4, -0.2) is 49.2 Å². The Balaban J connectivity index is 2.39. The molecule has 0 aromatic rings. The summed E-state index contributed by atoms with van der Waals surface area (Å²) in [5, 5.41) is 0. The molecule has 1 amide bonds. The van der Waals surface area contributed by atoms with Crippen LogP contribution in [0.5, 0.6) is 0 Å². The lowest BCUT2D eigenvalue weighted by molar-refractivity contribution is -0.0408. The zero-order chi connectivity index (χ0) is 17.3. The fourth-order valence-electron chi connectivity index (χ4n) is 2.51. The first-order chi connectivity index (χ1) is 10.9. The van der Waals surface area contributed by atoms with E-state index in [1.165, 1.54) is 0 Å². The normalized spacial score (nSPS) is 20.2. The summed E-state index contributed by atoms with van der Waals surface area (Å²) < 4.78 is 16.7. The first-order valence-electron chi connectivity index (χ1n) is 8.68. The van der Waals surface area contributed by atoms with Gasteiger partial charge in [-0.15, -0.1) is 0 Å². The van der Waals surface area contributed by atoms with Gasteiger partial charge in [0.25, 0.3) is 0 Å². The van der Waals surface area contributed by atoms with Crippen LogP contribution in [0.3, 0.4) is 0 Å². The lowest BCUT2D eigenvalue weighted by atomic mass is 10.1. The lowest BCUT2D eigenvalue weighted by Gasteiger charge is -2.28. The molecule has 1 rings (SSSR count). The maximum absolute atomic E-state index is 12.2. The highest BCUT2D eigenvalue weighted by molar-refractivity contribution is 5.68. The van der Waals surface area contributed by atoms with Gasteiger partial charge in [0, 0.05) is 13.7 Å². The zero-order valence-corrected chi connectivity index (χ0v) is 15.3. The minimum atomic E-state index is -0.477. The van der Waals surface area contributed by atoms with Crippen molar-refractivity contribution in [3.05, 3.63) is 12.2 Å². The number of methoxy groups -OCH3 is 1. The Morgan fingerprint density at radius 2 is 2.13 bits per heavy atom. The summed E-state index contributed by atoms with van der Waals surface area (Å²) >= 11 is 0. The third kappa shape index (κ3) is 7.84. The van der Waals surface area contributed by atoms with Gasteiger partial charge in [-0.05, 0) is 40.0 Å². The van der Waals surface area contributed by atoms with Crippen LogP contribution in [0.1, 0.15) is 59.8 Å². The predicted molar refractivity (Wildman–Crippen MR) is 91.4 cm³/mol. The summed E-state index contributed by atoms with van der Waals surface area (Å²) in [5.41, 5.74) is -0.477. The van der Waals surface area contributed by atoms with E-state index in [4.69, 9.17) is 14.2 Å². The number of likely N-dealkylation sites (tertiary alicyclic amines) is 1. The van der Waals surface area contributed by atoms with E-state index in [1.54, 1.807) is 12.0 Å². The molecule has 1 aliphatic heterocycles.